The molecule has 6 heteroatoms. The summed E-state index contributed by atoms with van der Waals surface area (Å²) in [5.74, 6) is -1.70. The van der Waals surface area contributed by atoms with E-state index in [4.69, 9.17) is 10.8 Å². The van der Waals surface area contributed by atoms with Crippen molar-refractivity contribution in [2.45, 2.75) is 25.8 Å². The number of carbonyl (C=O) groups is 3. The van der Waals surface area contributed by atoms with Crippen molar-refractivity contribution < 1.29 is 19.5 Å². The number of nitrogen functional groups attached to an aromatic ring is 1. The fraction of sp³-hybridized carbons (Fsp3) is 0.308. The number of likely N-dealkylation sites (tertiary alicyclic amines) is 1. The summed E-state index contributed by atoms with van der Waals surface area (Å²) in [6.45, 7) is -0.0374. The number of benzene rings is 1. The van der Waals surface area contributed by atoms with Gasteiger partial charge in [0.1, 0.15) is 0 Å². The molecule has 19 heavy (non-hydrogen) atoms. The predicted molar refractivity (Wildman–Crippen MR) is 67.2 cm³/mol. The number of hydrogen-bond acceptors (Lipinski definition) is 4. The summed E-state index contributed by atoms with van der Waals surface area (Å²) in [6, 6.07) is 4.65. The lowest BCUT2D eigenvalue weighted by molar-refractivity contribution is -0.148. The Morgan fingerprint density at radius 3 is 2.47 bits per heavy atom. The minimum atomic E-state index is -1.16. The van der Waals surface area contributed by atoms with Crippen LogP contribution >= 0.6 is 0 Å². The number of piperidine rings is 1. The third-order valence-corrected chi connectivity index (χ3v) is 3.11. The molecule has 3 N–H and O–H groups in total. The lowest BCUT2D eigenvalue weighted by Crippen LogP contribution is -2.39. The third-order valence-electron chi connectivity index (χ3n) is 3.11. The van der Waals surface area contributed by atoms with Crippen molar-refractivity contribution >= 4 is 23.5 Å². The lowest BCUT2D eigenvalue weighted by atomic mass is 10.0. The fourth-order valence-corrected chi connectivity index (χ4v) is 2.16. The number of hydrogen-bond donors (Lipinski definition) is 2. The van der Waals surface area contributed by atoms with Gasteiger partial charge in [-0.05, 0) is 18.1 Å². The maximum Gasteiger partial charge on any atom is 0.338 e. The van der Waals surface area contributed by atoms with Crippen molar-refractivity contribution in [2.75, 3.05) is 5.73 Å². The van der Waals surface area contributed by atoms with Crippen LogP contribution in [0.3, 0.4) is 0 Å². The van der Waals surface area contributed by atoms with Gasteiger partial charge < -0.3 is 10.8 Å². The molecule has 0 aromatic heterocycles. The number of carboxylic acid groups (broad SMARTS) is 1. The van der Waals surface area contributed by atoms with Gasteiger partial charge >= 0.3 is 5.97 Å². The van der Waals surface area contributed by atoms with E-state index in [2.05, 4.69) is 0 Å². The number of carbonyl (C=O) groups excluding carboxylic acids is 2. The second-order valence-electron chi connectivity index (χ2n) is 4.41. The van der Waals surface area contributed by atoms with Gasteiger partial charge in [0, 0.05) is 18.5 Å². The van der Waals surface area contributed by atoms with Crippen molar-refractivity contribution in [3.05, 3.63) is 29.3 Å². The highest BCUT2D eigenvalue weighted by Gasteiger charge is 2.27. The molecule has 1 aromatic carbocycles. The van der Waals surface area contributed by atoms with Gasteiger partial charge in [-0.3, -0.25) is 14.5 Å². The van der Waals surface area contributed by atoms with E-state index in [0.29, 0.717) is 24.8 Å². The molecular formula is C13H14N2O4. The number of carboxylic acids is 1. The topological polar surface area (TPSA) is 101 Å². The number of nitrogens with zero attached hydrogens (tertiary/aromatic N) is 1. The summed E-state index contributed by atoms with van der Waals surface area (Å²) >= 11 is 0. The Labute approximate surface area is 109 Å². The summed E-state index contributed by atoms with van der Waals surface area (Å²) < 4.78 is 0. The molecule has 0 aliphatic carbocycles. The minimum Gasteiger partial charge on any atom is -0.478 e. The first-order chi connectivity index (χ1) is 9.00. The Morgan fingerprint density at radius 1 is 1.26 bits per heavy atom. The molecule has 0 unspecified atom stereocenters. The largest absolute Gasteiger partial charge is 0.478 e. The number of amides is 2. The molecule has 0 radical (unpaired) electrons. The fourth-order valence-electron chi connectivity index (χ4n) is 2.16. The Hall–Kier alpha value is -2.37. The molecule has 1 fully saturated rings. The zero-order valence-electron chi connectivity index (χ0n) is 10.3. The molecule has 6 nitrogen and oxygen atoms in total. The van der Waals surface area contributed by atoms with Crippen LogP contribution in [0.2, 0.25) is 0 Å². The van der Waals surface area contributed by atoms with E-state index in [1.807, 2.05) is 0 Å². The number of anilines is 1. The van der Waals surface area contributed by atoms with E-state index in [9.17, 15) is 14.4 Å². The Morgan fingerprint density at radius 2 is 1.89 bits per heavy atom. The Kier molecular flexibility index (Phi) is 3.50. The van der Waals surface area contributed by atoms with Crippen molar-refractivity contribution in [1.82, 2.24) is 4.90 Å². The van der Waals surface area contributed by atoms with Gasteiger partial charge in [0.2, 0.25) is 11.8 Å². The first-order valence-corrected chi connectivity index (χ1v) is 5.94. The molecule has 1 heterocycles. The number of imide groups is 1. The van der Waals surface area contributed by atoms with Crippen LogP contribution in [0.25, 0.3) is 0 Å². The van der Waals surface area contributed by atoms with Crippen molar-refractivity contribution in [1.29, 1.82) is 0 Å². The smallest absolute Gasteiger partial charge is 0.338 e. The van der Waals surface area contributed by atoms with Gasteiger partial charge in [-0.1, -0.05) is 12.1 Å². The number of aromatic carboxylic acids is 1. The molecule has 0 bridgehead atoms. The van der Waals surface area contributed by atoms with Crippen LogP contribution in [0.5, 0.6) is 0 Å². The lowest BCUT2D eigenvalue weighted by Gasteiger charge is -2.25. The molecule has 0 saturated carbocycles. The molecule has 1 aliphatic heterocycles. The molecule has 2 amide bonds. The predicted octanol–water partition coefficient (Wildman–Crippen LogP) is 1.01. The van der Waals surface area contributed by atoms with E-state index >= 15 is 0 Å². The summed E-state index contributed by atoms with van der Waals surface area (Å²) in [5, 5.41) is 9.14. The summed E-state index contributed by atoms with van der Waals surface area (Å²) in [6.07, 6.45) is 1.18. The van der Waals surface area contributed by atoms with Crippen LogP contribution in [0.1, 0.15) is 35.2 Å². The Balaban J connectivity index is 2.33. The van der Waals surface area contributed by atoms with E-state index in [1.165, 1.54) is 6.07 Å². The average Bonchev–Trinajstić information content (AvgIpc) is 2.33. The maximum absolute atomic E-state index is 11.7. The molecule has 2 rings (SSSR count). The van der Waals surface area contributed by atoms with Crippen LogP contribution in [0, 0.1) is 0 Å². The Bertz CT molecular complexity index is 538. The second-order valence-corrected chi connectivity index (χ2v) is 4.41. The van der Waals surface area contributed by atoms with Gasteiger partial charge in [0.15, 0.2) is 0 Å². The van der Waals surface area contributed by atoms with Crippen LogP contribution < -0.4 is 5.73 Å². The standard InChI is InChI=1S/C13H14N2O4/c14-9-4-1-3-8(12(9)13(18)19)7-15-10(16)5-2-6-11(15)17/h1,3-4H,2,5-7,14H2,(H,18,19). The van der Waals surface area contributed by atoms with Gasteiger partial charge in [0.25, 0.3) is 0 Å². The zero-order valence-corrected chi connectivity index (χ0v) is 10.3. The molecular weight excluding hydrogens is 248 g/mol. The second kappa shape index (κ2) is 5.09. The van der Waals surface area contributed by atoms with Crippen molar-refractivity contribution in [3.8, 4) is 0 Å². The highest BCUT2D eigenvalue weighted by molar-refractivity contribution is 5.99. The molecule has 100 valence electrons. The normalized spacial score (nSPS) is 15.7. The highest BCUT2D eigenvalue weighted by Crippen LogP contribution is 2.21. The number of rotatable bonds is 3. The minimum absolute atomic E-state index is 0.0374. The van der Waals surface area contributed by atoms with Crippen molar-refractivity contribution in [3.63, 3.8) is 0 Å². The first-order valence-electron chi connectivity index (χ1n) is 5.94. The quantitative estimate of drug-likeness (QED) is 0.625. The molecule has 1 saturated heterocycles. The monoisotopic (exact) mass is 262 g/mol. The van der Waals surface area contributed by atoms with Crippen LogP contribution in [-0.2, 0) is 16.1 Å². The maximum atomic E-state index is 11.7. The van der Waals surface area contributed by atoms with E-state index in [-0.39, 0.29) is 29.6 Å². The van der Waals surface area contributed by atoms with Crippen LogP contribution in [0.15, 0.2) is 18.2 Å². The molecule has 0 spiro atoms. The molecule has 1 aromatic rings. The van der Waals surface area contributed by atoms with Gasteiger partial charge in [-0.2, -0.15) is 0 Å². The first kappa shape index (κ1) is 13.1. The summed E-state index contributed by atoms with van der Waals surface area (Å²) in [5.41, 5.74) is 6.08. The third kappa shape index (κ3) is 2.57. The van der Waals surface area contributed by atoms with Gasteiger partial charge in [0.05, 0.1) is 12.1 Å². The van der Waals surface area contributed by atoms with Gasteiger partial charge in [-0.15, -0.1) is 0 Å². The van der Waals surface area contributed by atoms with E-state index in [1.54, 1.807) is 12.1 Å². The van der Waals surface area contributed by atoms with Gasteiger partial charge in [-0.25, -0.2) is 4.79 Å². The highest BCUT2D eigenvalue weighted by atomic mass is 16.4. The number of nitrogens with two attached hydrogens (primary N) is 1. The van der Waals surface area contributed by atoms with Crippen molar-refractivity contribution in [2.24, 2.45) is 0 Å². The average molecular weight is 262 g/mol. The molecule has 1 aliphatic rings. The van der Waals surface area contributed by atoms with E-state index < -0.39 is 5.97 Å². The van der Waals surface area contributed by atoms with Crippen LogP contribution in [-0.4, -0.2) is 27.8 Å². The summed E-state index contributed by atoms with van der Waals surface area (Å²) in [7, 11) is 0. The summed E-state index contributed by atoms with van der Waals surface area (Å²) in [4.78, 5) is 35.7. The van der Waals surface area contributed by atoms with E-state index in [0.717, 1.165) is 4.90 Å². The SMILES string of the molecule is Nc1cccc(CN2C(=O)CCCC2=O)c1C(=O)O. The van der Waals surface area contributed by atoms with Crippen LogP contribution in [0.4, 0.5) is 5.69 Å². The molecule has 0 atom stereocenters. The zero-order chi connectivity index (χ0) is 14.0.